The molecule has 160 valence electrons. The van der Waals surface area contributed by atoms with Gasteiger partial charge in [-0.15, -0.1) is 13.2 Å². The predicted molar refractivity (Wildman–Crippen MR) is 109 cm³/mol. The Hall–Kier alpha value is -2.83. The van der Waals surface area contributed by atoms with E-state index in [1.54, 1.807) is 17.9 Å². The molecule has 3 rings (SSSR count). The second-order valence-corrected chi connectivity index (χ2v) is 8.52. The van der Waals surface area contributed by atoms with E-state index in [9.17, 15) is 22.8 Å². The summed E-state index contributed by atoms with van der Waals surface area (Å²) in [7, 11) is 0. The topological polar surface area (TPSA) is 46.6 Å². The Labute approximate surface area is 173 Å². The SMILES string of the molecule is Cc1cc2c(cc1-c1cc(C=O)ccc1OC(F)(F)F)N(C(C)C)C(=O)CC2(C)C. The Balaban J connectivity index is 2.29. The Morgan fingerprint density at radius 1 is 1.13 bits per heavy atom. The molecule has 2 aromatic carbocycles. The molecule has 0 saturated carbocycles. The van der Waals surface area contributed by atoms with Crippen LogP contribution < -0.4 is 9.64 Å². The van der Waals surface area contributed by atoms with Gasteiger partial charge in [0, 0.05) is 34.7 Å². The number of anilines is 1. The fraction of sp³-hybridized carbons (Fsp3) is 0.391. The summed E-state index contributed by atoms with van der Waals surface area (Å²) >= 11 is 0. The molecule has 7 heteroatoms. The molecule has 4 nitrogen and oxygen atoms in total. The second kappa shape index (κ2) is 7.45. The van der Waals surface area contributed by atoms with E-state index in [1.165, 1.54) is 12.1 Å². The van der Waals surface area contributed by atoms with Crippen molar-refractivity contribution in [3.8, 4) is 16.9 Å². The van der Waals surface area contributed by atoms with Crippen LogP contribution in [-0.2, 0) is 10.2 Å². The standard InChI is InChI=1S/C23H24F3NO3/c1-13(2)27-19-10-16(14(3)8-18(19)22(4,5)11-21(27)29)17-9-15(12-28)6-7-20(17)30-23(24,25)26/h6-10,12-13H,11H2,1-5H3. The van der Waals surface area contributed by atoms with E-state index in [1.807, 2.05) is 33.8 Å². The number of halogens is 3. The van der Waals surface area contributed by atoms with Crippen molar-refractivity contribution in [2.75, 3.05) is 4.90 Å². The number of benzene rings is 2. The highest BCUT2D eigenvalue weighted by Gasteiger charge is 2.38. The summed E-state index contributed by atoms with van der Waals surface area (Å²) in [6.07, 6.45) is -3.96. The molecule has 1 amide bonds. The summed E-state index contributed by atoms with van der Waals surface area (Å²) in [5, 5.41) is 0. The minimum absolute atomic E-state index is 0.0364. The van der Waals surface area contributed by atoms with Crippen LogP contribution in [0.25, 0.3) is 11.1 Å². The van der Waals surface area contributed by atoms with Crippen LogP contribution in [0.4, 0.5) is 18.9 Å². The number of hydrogen-bond acceptors (Lipinski definition) is 3. The molecule has 0 aromatic heterocycles. The van der Waals surface area contributed by atoms with Crippen LogP contribution in [0.2, 0.25) is 0 Å². The molecule has 0 bridgehead atoms. The van der Waals surface area contributed by atoms with E-state index in [0.717, 1.165) is 17.2 Å². The largest absolute Gasteiger partial charge is 0.573 e. The lowest BCUT2D eigenvalue weighted by Gasteiger charge is -2.41. The number of ether oxygens (including phenoxy) is 1. The zero-order valence-corrected chi connectivity index (χ0v) is 17.6. The van der Waals surface area contributed by atoms with E-state index in [0.29, 0.717) is 24.0 Å². The van der Waals surface area contributed by atoms with Crippen molar-refractivity contribution in [2.45, 2.75) is 58.9 Å². The summed E-state index contributed by atoms with van der Waals surface area (Å²) < 4.78 is 43.1. The van der Waals surface area contributed by atoms with Gasteiger partial charge in [0.15, 0.2) is 0 Å². The molecule has 0 radical (unpaired) electrons. The van der Waals surface area contributed by atoms with Crippen LogP contribution in [0.15, 0.2) is 30.3 Å². The fourth-order valence-electron chi connectivity index (χ4n) is 4.03. The molecule has 30 heavy (non-hydrogen) atoms. The van der Waals surface area contributed by atoms with Crippen molar-refractivity contribution in [1.82, 2.24) is 0 Å². The molecule has 0 unspecified atom stereocenters. The molecule has 1 aliphatic rings. The average Bonchev–Trinajstić information content (AvgIpc) is 2.60. The van der Waals surface area contributed by atoms with Crippen molar-refractivity contribution < 1.29 is 27.5 Å². The van der Waals surface area contributed by atoms with Crippen LogP contribution in [-0.4, -0.2) is 24.6 Å². The normalized spacial score (nSPS) is 15.9. The van der Waals surface area contributed by atoms with Crippen molar-refractivity contribution in [3.05, 3.63) is 47.0 Å². The average molecular weight is 419 g/mol. The molecule has 0 fully saturated rings. The maximum absolute atomic E-state index is 13.0. The number of nitrogens with zero attached hydrogens (tertiary/aromatic N) is 1. The monoisotopic (exact) mass is 419 g/mol. The number of hydrogen-bond donors (Lipinski definition) is 0. The molecule has 0 saturated heterocycles. The van der Waals surface area contributed by atoms with Crippen LogP contribution >= 0.6 is 0 Å². The Bertz CT molecular complexity index is 1010. The van der Waals surface area contributed by atoms with Gasteiger partial charge in [0.25, 0.3) is 0 Å². The number of alkyl halides is 3. The zero-order valence-electron chi connectivity index (χ0n) is 17.6. The lowest BCUT2D eigenvalue weighted by atomic mass is 9.75. The fourth-order valence-corrected chi connectivity index (χ4v) is 4.03. The Kier molecular flexibility index (Phi) is 5.43. The number of aldehydes is 1. The van der Waals surface area contributed by atoms with Crippen molar-refractivity contribution >= 4 is 17.9 Å². The summed E-state index contributed by atoms with van der Waals surface area (Å²) in [6.45, 7) is 9.54. The summed E-state index contributed by atoms with van der Waals surface area (Å²) in [5.41, 5.74) is 2.81. The van der Waals surface area contributed by atoms with Crippen LogP contribution in [0.3, 0.4) is 0 Å². The van der Waals surface area contributed by atoms with Crippen molar-refractivity contribution in [2.24, 2.45) is 0 Å². The molecule has 0 spiro atoms. The number of amides is 1. The van der Waals surface area contributed by atoms with E-state index in [4.69, 9.17) is 0 Å². The Morgan fingerprint density at radius 2 is 1.80 bits per heavy atom. The van der Waals surface area contributed by atoms with Gasteiger partial charge in [-0.2, -0.15) is 0 Å². The third kappa shape index (κ3) is 4.06. The van der Waals surface area contributed by atoms with Gasteiger partial charge < -0.3 is 9.64 Å². The van der Waals surface area contributed by atoms with E-state index in [-0.39, 0.29) is 23.1 Å². The van der Waals surface area contributed by atoms with E-state index < -0.39 is 17.5 Å². The lowest BCUT2D eigenvalue weighted by molar-refractivity contribution is -0.274. The summed E-state index contributed by atoms with van der Waals surface area (Å²) in [6, 6.07) is 7.32. The molecule has 1 heterocycles. The van der Waals surface area contributed by atoms with Crippen LogP contribution in [0.5, 0.6) is 5.75 Å². The highest BCUT2D eigenvalue weighted by Crippen LogP contribution is 2.46. The first-order chi connectivity index (χ1) is 13.8. The lowest BCUT2D eigenvalue weighted by Crippen LogP contribution is -2.45. The van der Waals surface area contributed by atoms with Gasteiger partial charge in [0.1, 0.15) is 12.0 Å². The first kappa shape index (κ1) is 21.9. The number of fused-ring (bicyclic) bond motifs is 1. The number of carbonyl (C=O) groups is 2. The molecule has 1 aliphatic heterocycles. The number of rotatable bonds is 4. The maximum Gasteiger partial charge on any atom is 0.573 e. The zero-order chi connectivity index (χ0) is 22.4. The summed E-state index contributed by atoms with van der Waals surface area (Å²) in [5.74, 6) is -0.431. The third-order valence-corrected chi connectivity index (χ3v) is 5.37. The predicted octanol–water partition coefficient (Wildman–Crippen LogP) is 5.80. The maximum atomic E-state index is 13.0. The molecule has 0 aliphatic carbocycles. The van der Waals surface area contributed by atoms with Gasteiger partial charge in [-0.25, -0.2) is 0 Å². The molecule has 0 atom stereocenters. The Morgan fingerprint density at radius 3 is 2.37 bits per heavy atom. The minimum Gasteiger partial charge on any atom is -0.405 e. The van der Waals surface area contributed by atoms with Crippen molar-refractivity contribution in [1.29, 1.82) is 0 Å². The van der Waals surface area contributed by atoms with Gasteiger partial charge in [-0.1, -0.05) is 19.9 Å². The highest BCUT2D eigenvalue weighted by atomic mass is 19.4. The molecular weight excluding hydrogens is 395 g/mol. The molecule has 0 N–H and O–H groups in total. The van der Waals surface area contributed by atoms with Gasteiger partial charge in [-0.05, 0) is 61.7 Å². The number of carbonyl (C=O) groups excluding carboxylic acids is 2. The minimum atomic E-state index is -4.87. The first-order valence-corrected chi connectivity index (χ1v) is 9.66. The quantitative estimate of drug-likeness (QED) is 0.589. The highest BCUT2D eigenvalue weighted by molar-refractivity contribution is 5.99. The van der Waals surface area contributed by atoms with E-state index >= 15 is 0 Å². The van der Waals surface area contributed by atoms with Gasteiger partial charge >= 0.3 is 6.36 Å². The molecular formula is C23H24F3NO3. The van der Waals surface area contributed by atoms with Gasteiger partial charge in [-0.3, -0.25) is 9.59 Å². The first-order valence-electron chi connectivity index (χ1n) is 9.66. The third-order valence-electron chi connectivity index (χ3n) is 5.37. The van der Waals surface area contributed by atoms with Gasteiger partial charge in [0.05, 0.1) is 0 Å². The second-order valence-electron chi connectivity index (χ2n) is 8.52. The van der Waals surface area contributed by atoms with Gasteiger partial charge in [0.2, 0.25) is 5.91 Å². The van der Waals surface area contributed by atoms with E-state index in [2.05, 4.69) is 4.74 Å². The number of aryl methyl sites for hydroxylation is 1. The summed E-state index contributed by atoms with van der Waals surface area (Å²) in [4.78, 5) is 25.7. The smallest absolute Gasteiger partial charge is 0.405 e. The van der Waals surface area contributed by atoms with Crippen LogP contribution in [0, 0.1) is 6.92 Å². The van der Waals surface area contributed by atoms with Crippen molar-refractivity contribution in [3.63, 3.8) is 0 Å². The van der Waals surface area contributed by atoms with Crippen LogP contribution in [0.1, 0.15) is 55.6 Å². The molecule has 2 aromatic rings.